The lowest BCUT2D eigenvalue weighted by Crippen LogP contribution is -2.35. The lowest BCUT2D eigenvalue weighted by atomic mass is 10.0. The van der Waals surface area contributed by atoms with Gasteiger partial charge in [-0.1, -0.05) is 37.2 Å². The third-order valence-electron chi connectivity index (χ3n) is 4.89. The maximum atomic E-state index is 12.9. The maximum absolute atomic E-state index is 12.9. The second-order valence-electron chi connectivity index (χ2n) is 7.15. The summed E-state index contributed by atoms with van der Waals surface area (Å²) in [5.41, 5.74) is 1.26. The Balaban J connectivity index is 1.77. The number of nitrogens with zero attached hydrogens (tertiary/aromatic N) is 4. The van der Waals surface area contributed by atoms with Gasteiger partial charge in [-0.15, -0.1) is 0 Å². The van der Waals surface area contributed by atoms with Gasteiger partial charge in [-0.2, -0.15) is 4.98 Å². The van der Waals surface area contributed by atoms with E-state index in [2.05, 4.69) is 29.0 Å². The monoisotopic (exact) mass is 408 g/mol. The van der Waals surface area contributed by atoms with Crippen LogP contribution in [0.15, 0.2) is 55.1 Å². The summed E-state index contributed by atoms with van der Waals surface area (Å²) in [5.74, 6) is 0.210. The fourth-order valence-corrected chi connectivity index (χ4v) is 3.18. The van der Waals surface area contributed by atoms with Gasteiger partial charge in [0.2, 0.25) is 17.3 Å². The zero-order valence-corrected chi connectivity index (χ0v) is 16.9. The molecule has 0 spiro atoms. The molecule has 0 saturated carbocycles. The van der Waals surface area contributed by atoms with Crippen LogP contribution in [-0.4, -0.2) is 26.8 Å². The van der Waals surface area contributed by atoms with E-state index in [4.69, 9.17) is 13.7 Å². The SMILES string of the molecule is COc1ccnc2c(=O)n([C@@H](C)c3nc(-c4cccc(C(C)C)c4)no3)c(=O)oc12. The number of ether oxygens (including phenoxy) is 1. The van der Waals surface area contributed by atoms with Crippen molar-refractivity contribution in [3.8, 4) is 17.1 Å². The molecule has 9 nitrogen and oxygen atoms in total. The highest BCUT2D eigenvalue weighted by Gasteiger charge is 2.24. The van der Waals surface area contributed by atoms with E-state index in [9.17, 15) is 9.59 Å². The second-order valence-corrected chi connectivity index (χ2v) is 7.15. The number of hydrogen-bond acceptors (Lipinski definition) is 8. The molecule has 4 rings (SSSR count). The number of pyridine rings is 1. The van der Waals surface area contributed by atoms with Gasteiger partial charge in [-0.05, 0) is 24.5 Å². The molecular weight excluding hydrogens is 388 g/mol. The normalized spacial score (nSPS) is 12.4. The molecule has 1 aromatic carbocycles. The lowest BCUT2D eigenvalue weighted by Gasteiger charge is -2.10. The van der Waals surface area contributed by atoms with Crippen LogP contribution >= 0.6 is 0 Å². The van der Waals surface area contributed by atoms with E-state index in [-0.39, 0.29) is 22.7 Å². The minimum Gasteiger partial charge on any atom is -0.493 e. The first-order valence-electron chi connectivity index (χ1n) is 9.43. The van der Waals surface area contributed by atoms with Crippen LogP contribution in [0.2, 0.25) is 0 Å². The Morgan fingerprint density at radius 3 is 2.67 bits per heavy atom. The molecule has 0 aliphatic carbocycles. The molecule has 9 heteroatoms. The standard InChI is InChI=1S/C21H20N4O5/c1-11(2)13-6-5-7-14(10-13)18-23-19(30-24-18)12(3)25-20(26)16-17(29-21(25)27)15(28-4)8-9-22-16/h5-12H,1-4H3/t12-/m0/s1. The molecule has 0 radical (unpaired) electrons. The number of benzene rings is 1. The van der Waals surface area contributed by atoms with E-state index < -0.39 is 17.4 Å². The van der Waals surface area contributed by atoms with E-state index in [1.165, 1.54) is 19.4 Å². The summed E-state index contributed by atoms with van der Waals surface area (Å²) in [7, 11) is 1.41. The first-order valence-corrected chi connectivity index (χ1v) is 9.43. The van der Waals surface area contributed by atoms with Gasteiger partial charge in [-0.3, -0.25) is 4.79 Å². The van der Waals surface area contributed by atoms with Crippen LogP contribution in [0.5, 0.6) is 5.75 Å². The molecule has 0 saturated heterocycles. The molecule has 0 aliphatic rings. The van der Waals surface area contributed by atoms with Crippen molar-refractivity contribution in [3.05, 3.63) is 68.9 Å². The van der Waals surface area contributed by atoms with Gasteiger partial charge in [0.25, 0.3) is 5.56 Å². The minimum atomic E-state index is -0.868. The number of fused-ring (bicyclic) bond motifs is 1. The Morgan fingerprint density at radius 2 is 1.93 bits per heavy atom. The lowest BCUT2D eigenvalue weighted by molar-refractivity contribution is 0.324. The van der Waals surface area contributed by atoms with Crippen LogP contribution in [0.25, 0.3) is 22.5 Å². The number of aromatic nitrogens is 4. The fourth-order valence-electron chi connectivity index (χ4n) is 3.18. The first kappa shape index (κ1) is 19.6. The van der Waals surface area contributed by atoms with Gasteiger partial charge in [0.15, 0.2) is 11.3 Å². The Morgan fingerprint density at radius 1 is 1.13 bits per heavy atom. The molecule has 0 unspecified atom stereocenters. The van der Waals surface area contributed by atoms with Crippen molar-refractivity contribution in [2.24, 2.45) is 0 Å². The number of rotatable bonds is 5. The third-order valence-corrected chi connectivity index (χ3v) is 4.89. The average Bonchev–Trinajstić information content (AvgIpc) is 3.24. The summed E-state index contributed by atoms with van der Waals surface area (Å²) < 4.78 is 16.7. The number of methoxy groups -OCH3 is 1. The summed E-state index contributed by atoms with van der Waals surface area (Å²) in [6.45, 7) is 5.79. The van der Waals surface area contributed by atoms with Crippen LogP contribution in [-0.2, 0) is 0 Å². The van der Waals surface area contributed by atoms with Gasteiger partial charge in [-0.25, -0.2) is 14.3 Å². The number of hydrogen-bond donors (Lipinski definition) is 0. The largest absolute Gasteiger partial charge is 0.493 e. The molecule has 3 aromatic heterocycles. The fraction of sp³-hybridized carbons (Fsp3) is 0.286. The minimum absolute atomic E-state index is 0.00447. The molecular formula is C21H20N4O5. The van der Waals surface area contributed by atoms with Crippen molar-refractivity contribution in [2.75, 3.05) is 7.11 Å². The molecule has 0 aliphatic heterocycles. The van der Waals surface area contributed by atoms with E-state index in [0.717, 1.165) is 15.7 Å². The van der Waals surface area contributed by atoms with Crippen LogP contribution in [0, 0.1) is 0 Å². The Bertz CT molecular complexity index is 1340. The molecule has 3 heterocycles. The van der Waals surface area contributed by atoms with Crippen LogP contribution in [0.4, 0.5) is 0 Å². The Hall–Kier alpha value is -3.75. The predicted molar refractivity (Wildman–Crippen MR) is 109 cm³/mol. The van der Waals surface area contributed by atoms with Gasteiger partial charge in [0, 0.05) is 17.8 Å². The highest BCUT2D eigenvalue weighted by atomic mass is 16.5. The van der Waals surface area contributed by atoms with Crippen molar-refractivity contribution in [1.29, 1.82) is 0 Å². The van der Waals surface area contributed by atoms with Gasteiger partial charge >= 0.3 is 5.76 Å². The molecule has 0 amide bonds. The Kier molecular flexibility index (Phi) is 4.94. The third kappa shape index (κ3) is 3.28. The predicted octanol–water partition coefficient (Wildman–Crippen LogP) is 3.14. The summed E-state index contributed by atoms with van der Waals surface area (Å²) in [6.07, 6.45) is 1.41. The van der Waals surface area contributed by atoms with Crippen molar-refractivity contribution in [3.63, 3.8) is 0 Å². The van der Waals surface area contributed by atoms with E-state index in [0.29, 0.717) is 11.7 Å². The summed E-state index contributed by atoms with van der Waals surface area (Å²) >= 11 is 0. The molecule has 154 valence electrons. The van der Waals surface area contributed by atoms with Crippen molar-refractivity contribution in [1.82, 2.24) is 19.7 Å². The summed E-state index contributed by atoms with van der Waals surface area (Å²) in [6, 6.07) is 8.47. The highest BCUT2D eigenvalue weighted by Crippen LogP contribution is 2.24. The Labute approximate surface area is 170 Å². The smallest absolute Gasteiger partial charge is 0.423 e. The summed E-state index contributed by atoms with van der Waals surface area (Å²) in [4.78, 5) is 33.9. The summed E-state index contributed by atoms with van der Waals surface area (Å²) in [5, 5.41) is 4.01. The zero-order valence-electron chi connectivity index (χ0n) is 16.9. The topological polar surface area (TPSA) is 113 Å². The molecule has 30 heavy (non-hydrogen) atoms. The van der Waals surface area contributed by atoms with Crippen LogP contribution in [0.1, 0.15) is 44.2 Å². The molecule has 1 atom stereocenters. The zero-order chi connectivity index (χ0) is 21.4. The second kappa shape index (κ2) is 7.58. The van der Waals surface area contributed by atoms with E-state index in [1.807, 2.05) is 24.3 Å². The van der Waals surface area contributed by atoms with E-state index >= 15 is 0 Å². The van der Waals surface area contributed by atoms with Gasteiger partial charge in [0.1, 0.15) is 6.04 Å². The van der Waals surface area contributed by atoms with Crippen LogP contribution in [0.3, 0.4) is 0 Å². The van der Waals surface area contributed by atoms with Crippen molar-refractivity contribution in [2.45, 2.75) is 32.7 Å². The van der Waals surface area contributed by atoms with Crippen molar-refractivity contribution >= 4 is 11.1 Å². The van der Waals surface area contributed by atoms with Gasteiger partial charge < -0.3 is 13.7 Å². The van der Waals surface area contributed by atoms with Gasteiger partial charge in [0.05, 0.1) is 7.11 Å². The first-order chi connectivity index (χ1) is 14.4. The quantitative estimate of drug-likeness (QED) is 0.495. The van der Waals surface area contributed by atoms with E-state index in [1.54, 1.807) is 6.92 Å². The maximum Gasteiger partial charge on any atom is 0.423 e. The molecule has 4 aromatic rings. The molecule has 0 bridgehead atoms. The molecule has 0 N–H and O–H groups in total. The molecule has 0 fully saturated rings. The highest BCUT2D eigenvalue weighted by molar-refractivity contribution is 5.77. The average molecular weight is 408 g/mol. The van der Waals surface area contributed by atoms with Crippen LogP contribution < -0.4 is 16.1 Å². The van der Waals surface area contributed by atoms with Crippen molar-refractivity contribution < 1.29 is 13.7 Å².